The van der Waals surface area contributed by atoms with E-state index in [1.165, 1.54) is 19.3 Å². The summed E-state index contributed by atoms with van der Waals surface area (Å²) in [4.78, 5) is 32.3. The van der Waals surface area contributed by atoms with Gasteiger partial charge in [0.2, 0.25) is 0 Å². The van der Waals surface area contributed by atoms with Crippen molar-refractivity contribution in [1.82, 2.24) is 9.88 Å². The van der Waals surface area contributed by atoms with Gasteiger partial charge in [-0.1, -0.05) is 6.42 Å². The Morgan fingerprint density at radius 3 is 2.55 bits per heavy atom. The highest BCUT2D eigenvalue weighted by Gasteiger charge is 2.34. The van der Waals surface area contributed by atoms with Gasteiger partial charge in [-0.05, 0) is 64.5 Å². The zero-order chi connectivity index (χ0) is 21.0. The highest BCUT2D eigenvalue weighted by Crippen LogP contribution is 2.30. The summed E-state index contributed by atoms with van der Waals surface area (Å²) in [6.07, 6.45) is 7.03. The number of piperidine rings is 1. The van der Waals surface area contributed by atoms with E-state index in [9.17, 15) is 9.59 Å². The number of hydrogen-bond donors (Lipinski definition) is 1. The molecule has 0 spiro atoms. The van der Waals surface area contributed by atoms with E-state index in [1.54, 1.807) is 12.3 Å². The molecule has 1 aliphatic carbocycles. The monoisotopic (exact) mass is 403 g/mol. The van der Waals surface area contributed by atoms with Crippen LogP contribution in [0.25, 0.3) is 0 Å². The minimum Gasteiger partial charge on any atom is -0.481 e. The maximum absolute atomic E-state index is 12.9. The molecule has 0 bridgehead atoms. The van der Waals surface area contributed by atoms with Gasteiger partial charge in [0, 0.05) is 19.6 Å². The summed E-state index contributed by atoms with van der Waals surface area (Å²) < 4.78 is 5.72. The number of carbonyl (C=O) groups is 2. The Bertz CT molecular complexity index is 710. The minimum absolute atomic E-state index is 0.0727. The Kier molecular flexibility index (Phi) is 6.65. The minimum atomic E-state index is -0.882. The largest absolute Gasteiger partial charge is 0.481 e. The van der Waals surface area contributed by atoms with E-state index in [-0.39, 0.29) is 18.6 Å². The van der Waals surface area contributed by atoms with Gasteiger partial charge in [-0.25, -0.2) is 4.79 Å². The molecule has 1 saturated carbocycles. The molecule has 7 heteroatoms. The van der Waals surface area contributed by atoms with Crippen molar-refractivity contribution in [3.63, 3.8) is 0 Å². The Morgan fingerprint density at radius 2 is 2.00 bits per heavy atom. The van der Waals surface area contributed by atoms with Crippen LogP contribution in [-0.4, -0.2) is 58.3 Å². The number of amides is 1. The van der Waals surface area contributed by atoms with Crippen molar-refractivity contribution in [1.29, 1.82) is 0 Å². The van der Waals surface area contributed by atoms with Crippen LogP contribution in [0.4, 0.5) is 10.5 Å². The maximum Gasteiger partial charge on any atom is 0.410 e. The third-order valence-electron chi connectivity index (χ3n) is 5.65. The van der Waals surface area contributed by atoms with Crippen LogP contribution in [0.2, 0.25) is 0 Å². The number of rotatable bonds is 6. The van der Waals surface area contributed by atoms with Gasteiger partial charge in [0.25, 0.3) is 0 Å². The van der Waals surface area contributed by atoms with Crippen molar-refractivity contribution in [2.45, 2.75) is 70.9 Å². The molecule has 1 aromatic rings. The first-order chi connectivity index (χ1) is 13.7. The van der Waals surface area contributed by atoms with Gasteiger partial charge >= 0.3 is 12.1 Å². The number of aromatic nitrogens is 1. The van der Waals surface area contributed by atoms with Crippen LogP contribution in [0.5, 0.6) is 0 Å². The van der Waals surface area contributed by atoms with Crippen molar-refractivity contribution < 1.29 is 19.4 Å². The number of hydrogen-bond acceptors (Lipinski definition) is 5. The van der Waals surface area contributed by atoms with Crippen LogP contribution >= 0.6 is 0 Å². The van der Waals surface area contributed by atoms with E-state index in [4.69, 9.17) is 9.84 Å². The maximum atomic E-state index is 12.9. The summed E-state index contributed by atoms with van der Waals surface area (Å²) in [5.41, 5.74) is 1.01. The number of anilines is 1. The molecule has 1 atom stereocenters. The number of carboxylic acid groups (broad SMARTS) is 1. The molecule has 2 heterocycles. The summed E-state index contributed by atoms with van der Waals surface area (Å²) in [6.45, 7) is 8.13. The fraction of sp³-hybridized carbons (Fsp3) is 0.682. The molecule has 1 aliphatic heterocycles. The van der Waals surface area contributed by atoms with Crippen molar-refractivity contribution in [3.05, 3.63) is 24.0 Å². The van der Waals surface area contributed by atoms with E-state index < -0.39 is 11.6 Å². The first kappa shape index (κ1) is 21.4. The number of carbonyl (C=O) groups excluding carboxylic acids is 1. The predicted octanol–water partition coefficient (Wildman–Crippen LogP) is 3.71. The number of nitrogens with zero attached hydrogens (tertiary/aromatic N) is 3. The first-order valence-corrected chi connectivity index (χ1v) is 10.6. The molecular formula is C22H33N3O4. The lowest BCUT2D eigenvalue weighted by molar-refractivity contribution is -0.136. The summed E-state index contributed by atoms with van der Waals surface area (Å²) >= 11 is 0. The Balaban J connectivity index is 1.69. The number of ether oxygens (including phenoxy) is 1. The zero-order valence-corrected chi connectivity index (χ0v) is 17.8. The van der Waals surface area contributed by atoms with E-state index in [0.29, 0.717) is 11.6 Å². The molecule has 2 aliphatic rings. The summed E-state index contributed by atoms with van der Waals surface area (Å²) in [7, 11) is 0. The first-order valence-electron chi connectivity index (χ1n) is 10.6. The second kappa shape index (κ2) is 9.01. The molecule has 0 radical (unpaired) electrons. The molecule has 2 fully saturated rings. The van der Waals surface area contributed by atoms with E-state index >= 15 is 0 Å². The lowest BCUT2D eigenvalue weighted by Gasteiger charge is -2.43. The molecule has 0 aromatic carbocycles. The standard InChI is InChI=1S/C22H33N3O4/c1-22(2,3)29-21(28)25(14-16-6-4-7-16)19-8-5-11-24(15-19)18-10-9-17(23-13-18)12-20(26)27/h9-10,13,16,19H,4-8,11-12,14-15H2,1-3H3,(H,26,27)/t19-/m1/s1. The normalized spacial score (nSPS) is 20.1. The van der Waals surface area contributed by atoms with E-state index in [0.717, 1.165) is 38.2 Å². The van der Waals surface area contributed by atoms with E-state index in [2.05, 4.69) is 9.88 Å². The highest BCUT2D eigenvalue weighted by atomic mass is 16.6. The van der Waals surface area contributed by atoms with Gasteiger partial charge in [-0.2, -0.15) is 0 Å². The van der Waals surface area contributed by atoms with Gasteiger partial charge in [0.05, 0.1) is 30.0 Å². The third kappa shape index (κ3) is 6.08. The second-order valence-electron chi connectivity index (χ2n) is 9.25. The summed E-state index contributed by atoms with van der Waals surface area (Å²) in [5.74, 6) is -0.304. The molecule has 160 valence electrons. The van der Waals surface area contributed by atoms with Crippen LogP contribution in [-0.2, 0) is 16.0 Å². The lowest BCUT2D eigenvalue weighted by Crippen LogP contribution is -2.53. The Hall–Kier alpha value is -2.31. The fourth-order valence-electron chi connectivity index (χ4n) is 3.95. The quantitative estimate of drug-likeness (QED) is 0.780. The molecule has 7 nitrogen and oxygen atoms in total. The van der Waals surface area contributed by atoms with Gasteiger partial charge < -0.3 is 19.6 Å². The van der Waals surface area contributed by atoms with Crippen LogP contribution < -0.4 is 4.90 Å². The number of aliphatic carboxylic acids is 1. The van der Waals surface area contributed by atoms with Gasteiger partial charge in [-0.3, -0.25) is 9.78 Å². The third-order valence-corrected chi connectivity index (χ3v) is 5.65. The Labute approximate surface area is 173 Å². The highest BCUT2D eigenvalue weighted by molar-refractivity contribution is 5.70. The zero-order valence-electron chi connectivity index (χ0n) is 17.8. The molecule has 29 heavy (non-hydrogen) atoms. The number of carboxylic acids is 1. The SMILES string of the molecule is CC(C)(C)OC(=O)N(CC1CCC1)[C@@H]1CCCN(c2ccc(CC(=O)O)nc2)C1. The van der Waals surface area contributed by atoms with Crippen LogP contribution in [0.15, 0.2) is 18.3 Å². The molecular weight excluding hydrogens is 370 g/mol. The smallest absolute Gasteiger partial charge is 0.410 e. The van der Waals surface area contributed by atoms with Gasteiger partial charge in [0.1, 0.15) is 5.60 Å². The fourth-order valence-corrected chi connectivity index (χ4v) is 3.95. The van der Waals surface area contributed by atoms with E-state index in [1.807, 2.05) is 31.7 Å². The molecule has 0 unspecified atom stereocenters. The molecule has 3 rings (SSSR count). The average Bonchev–Trinajstić information content (AvgIpc) is 2.59. The second-order valence-corrected chi connectivity index (χ2v) is 9.25. The molecule has 1 aromatic heterocycles. The summed E-state index contributed by atoms with van der Waals surface area (Å²) in [6, 6.07) is 3.81. The lowest BCUT2D eigenvalue weighted by atomic mass is 9.84. The molecule has 1 saturated heterocycles. The van der Waals surface area contributed by atoms with Crippen molar-refractivity contribution in [3.8, 4) is 0 Å². The molecule has 1 N–H and O–H groups in total. The van der Waals surface area contributed by atoms with Gasteiger partial charge in [-0.15, -0.1) is 0 Å². The van der Waals surface area contributed by atoms with Crippen LogP contribution in [0.3, 0.4) is 0 Å². The van der Waals surface area contributed by atoms with Gasteiger partial charge in [0.15, 0.2) is 0 Å². The van der Waals surface area contributed by atoms with Crippen molar-refractivity contribution in [2.75, 3.05) is 24.5 Å². The number of pyridine rings is 1. The topological polar surface area (TPSA) is 83.0 Å². The van der Waals surface area contributed by atoms with Crippen LogP contribution in [0, 0.1) is 5.92 Å². The van der Waals surface area contributed by atoms with Crippen LogP contribution in [0.1, 0.15) is 58.6 Å². The van der Waals surface area contributed by atoms with Crippen molar-refractivity contribution >= 4 is 17.7 Å². The Morgan fingerprint density at radius 1 is 1.24 bits per heavy atom. The summed E-state index contributed by atoms with van der Waals surface area (Å²) in [5, 5.41) is 8.91. The average molecular weight is 404 g/mol. The molecule has 1 amide bonds. The van der Waals surface area contributed by atoms with Crippen molar-refractivity contribution in [2.24, 2.45) is 5.92 Å². The predicted molar refractivity (Wildman–Crippen MR) is 111 cm³/mol.